The zero-order chi connectivity index (χ0) is 9.26. The molecule has 1 nitrogen and oxygen atoms in total. The molecule has 2 rings (SSSR count). The minimum Gasteiger partial charge on any atom is -0.313 e. The van der Waals surface area contributed by atoms with Gasteiger partial charge < -0.3 is 5.32 Å². The van der Waals surface area contributed by atoms with Crippen molar-refractivity contribution in [2.75, 3.05) is 6.54 Å². The van der Waals surface area contributed by atoms with Crippen LogP contribution in [-0.2, 0) is 6.54 Å². The summed E-state index contributed by atoms with van der Waals surface area (Å²) in [6.07, 6.45) is 1.24. The van der Waals surface area contributed by atoms with Crippen molar-refractivity contribution < 1.29 is 0 Å². The number of fused-ring (bicyclic) bond motifs is 1. The lowest BCUT2D eigenvalue weighted by molar-refractivity contribution is 0.630. The van der Waals surface area contributed by atoms with E-state index in [1.165, 1.54) is 22.0 Å². The largest absolute Gasteiger partial charge is 0.313 e. The maximum absolute atomic E-state index is 3.51. The molecule has 1 aliphatic rings. The van der Waals surface area contributed by atoms with Gasteiger partial charge in [0.2, 0.25) is 0 Å². The number of rotatable bonds is 0. The lowest BCUT2D eigenvalue weighted by Crippen LogP contribution is -2.12. The van der Waals surface area contributed by atoms with Crippen LogP contribution in [0.3, 0.4) is 0 Å². The molecule has 0 aromatic heterocycles. The van der Waals surface area contributed by atoms with Crippen LogP contribution < -0.4 is 5.32 Å². The Morgan fingerprint density at radius 2 is 2.31 bits per heavy atom. The number of benzene rings is 1. The maximum Gasteiger partial charge on any atom is 0.0208 e. The van der Waals surface area contributed by atoms with Crippen molar-refractivity contribution >= 4 is 15.9 Å². The first-order valence-electron chi connectivity index (χ1n) is 4.76. The molecular weight excluding hydrogens is 226 g/mol. The smallest absolute Gasteiger partial charge is 0.0208 e. The minimum absolute atomic E-state index is 0.693. The summed E-state index contributed by atoms with van der Waals surface area (Å²) in [6, 6.07) is 6.61. The van der Waals surface area contributed by atoms with Crippen LogP contribution in [0.25, 0.3) is 0 Å². The van der Waals surface area contributed by atoms with E-state index in [9.17, 15) is 0 Å². The van der Waals surface area contributed by atoms with Gasteiger partial charge in [-0.2, -0.15) is 0 Å². The monoisotopic (exact) mass is 239 g/mol. The van der Waals surface area contributed by atoms with Gasteiger partial charge in [-0.25, -0.2) is 0 Å². The summed E-state index contributed by atoms with van der Waals surface area (Å²) in [5, 5.41) is 3.44. The van der Waals surface area contributed by atoms with E-state index in [2.05, 4.69) is 46.4 Å². The van der Waals surface area contributed by atoms with E-state index in [-0.39, 0.29) is 0 Å². The highest BCUT2D eigenvalue weighted by molar-refractivity contribution is 9.10. The summed E-state index contributed by atoms with van der Waals surface area (Å²) in [5.74, 6) is 0.693. The molecule has 0 fully saturated rings. The van der Waals surface area contributed by atoms with Crippen molar-refractivity contribution in [3.63, 3.8) is 0 Å². The third kappa shape index (κ3) is 1.94. The highest BCUT2D eigenvalue weighted by Gasteiger charge is 2.13. The summed E-state index contributed by atoms with van der Waals surface area (Å²) in [5.41, 5.74) is 2.95. The van der Waals surface area contributed by atoms with Crippen LogP contribution in [0.4, 0.5) is 0 Å². The molecule has 2 heteroatoms. The lowest BCUT2D eigenvalue weighted by Gasteiger charge is -2.11. The van der Waals surface area contributed by atoms with E-state index < -0.39 is 0 Å². The molecular formula is C11H14BrN. The van der Waals surface area contributed by atoms with E-state index in [0.717, 1.165) is 13.1 Å². The van der Waals surface area contributed by atoms with Crippen molar-refractivity contribution in [3.05, 3.63) is 33.8 Å². The van der Waals surface area contributed by atoms with Crippen LogP contribution in [0.5, 0.6) is 0 Å². The third-order valence-corrected chi connectivity index (χ3v) is 3.20. The average molecular weight is 240 g/mol. The summed E-state index contributed by atoms with van der Waals surface area (Å²) in [6.45, 7) is 4.45. The van der Waals surface area contributed by atoms with Crippen LogP contribution in [0, 0.1) is 0 Å². The van der Waals surface area contributed by atoms with Gasteiger partial charge in [-0.1, -0.05) is 28.9 Å². The van der Waals surface area contributed by atoms with Crippen LogP contribution in [0.1, 0.15) is 30.4 Å². The van der Waals surface area contributed by atoms with Crippen LogP contribution >= 0.6 is 15.9 Å². The second-order valence-electron chi connectivity index (χ2n) is 3.71. The zero-order valence-corrected chi connectivity index (χ0v) is 9.39. The Morgan fingerprint density at radius 1 is 1.46 bits per heavy atom. The van der Waals surface area contributed by atoms with E-state index in [1.54, 1.807) is 0 Å². The van der Waals surface area contributed by atoms with Crippen LogP contribution in [0.15, 0.2) is 22.7 Å². The molecule has 1 aliphatic heterocycles. The van der Waals surface area contributed by atoms with Gasteiger partial charge in [0.1, 0.15) is 0 Å². The van der Waals surface area contributed by atoms with E-state index in [1.807, 2.05) is 0 Å². The molecule has 0 amide bonds. The molecule has 1 heterocycles. The summed E-state index contributed by atoms with van der Waals surface area (Å²) < 4.78 is 1.18. The third-order valence-electron chi connectivity index (χ3n) is 2.71. The Bertz CT molecular complexity index is 309. The highest BCUT2D eigenvalue weighted by Crippen LogP contribution is 2.27. The molecule has 1 aromatic rings. The van der Waals surface area contributed by atoms with Gasteiger partial charge in [-0.05, 0) is 42.1 Å². The first-order chi connectivity index (χ1) is 6.27. The second-order valence-corrected chi connectivity index (χ2v) is 4.63. The minimum atomic E-state index is 0.693. The molecule has 70 valence electrons. The second kappa shape index (κ2) is 3.81. The average Bonchev–Trinajstić information content (AvgIpc) is 2.28. The predicted octanol–water partition coefficient (Wildman–Crippen LogP) is 3.05. The van der Waals surface area contributed by atoms with Crippen LogP contribution in [-0.4, -0.2) is 6.54 Å². The molecule has 13 heavy (non-hydrogen) atoms. The van der Waals surface area contributed by atoms with Crippen molar-refractivity contribution in [2.45, 2.75) is 25.8 Å². The first-order valence-corrected chi connectivity index (χ1v) is 5.55. The van der Waals surface area contributed by atoms with Gasteiger partial charge >= 0.3 is 0 Å². The fourth-order valence-electron chi connectivity index (χ4n) is 1.91. The molecule has 0 spiro atoms. The van der Waals surface area contributed by atoms with Gasteiger partial charge in [-0.3, -0.25) is 0 Å². The van der Waals surface area contributed by atoms with Gasteiger partial charge in [0.15, 0.2) is 0 Å². The number of hydrogen-bond acceptors (Lipinski definition) is 1. The lowest BCUT2D eigenvalue weighted by atomic mass is 9.95. The Balaban J connectivity index is 2.42. The molecule has 1 atom stereocenters. The molecule has 0 saturated heterocycles. The van der Waals surface area contributed by atoms with Crippen molar-refractivity contribution in [1.29, 1.82) is 0 Å². The Labute approximate surface area is 87.7 Å². The summed E-state index contributed by atoms with van der Waals surface area (Å²) in [4.78, 5) is 0. The predicted molar refractivity (Wildman–Crippen MR) is 58.9 cm³/mol. The Hall–Kier alpha value is -0.340. The fraction of sp³-hybridized carbons (Fsp3) is 0.455. The van der Waals surface area contributed by atoms with Crippen molar-refractivity contribution in [1.82, 2.24) is 5.32 Å². The number of halogens is 1. The Morgan fingerprint density at radius 3 is 3.15 bits per heavy atom. The zero-order valence-electron chi connectivity index (χ0n) is 7.81. The van der Waals surface area contributed by atoms with Crippen molar-refractivity contribution in [2.24, 2.45) is 0 Å². The number of hydrogen-bond donors (Lipinski definition) is 1. The van der Waals surface area contributed by atoms with Gasteiger partial charge in [0.05, 0.1) is 0 Å². The molecule has 1 unspecified atom stereocenters. The fourth-order valence-corrected chi connectivity index (χ4v) is 2.31. The van der Waals surface area contributed by atoms with Gasteiger partial charge in [-0.15, -0.1) is 0 Å². The molecule has 0 radical (unpaired) electrons. The highest BCUT2D eigenvalue weighted by atomic mass is 79.9. The quantitative estimate of drug-likeness (QED) is 0.734. The summed E-state index contributed by atoms with van der Waals surface area (Å²) >= 11 is 3.51. The maximum atomic E-state index is 3.51. The van der Waals surface area contributed by atoms with E-state index in [4.69, 9.17) is 0 Å². The summed E-state index contributed by atoms with van der Waals surface area (Å²) in [7, 11) is 0. The molecule has 0 saturated carbocycles. The van der Waals surface area contributed by atoms with Gasteiger partial charge in [0, 0.05) is 11.0 Å². The topological polar surface area (TPSA) is 12.0 Å². The van der Waals surface area contributed by atoms with E-state index in [0.29, 0.717) is 5.92 Å². The standard InChI is InChI=1S/C11H14BrN/c1-8-4-5-13-7-9-6-10(12)2-3-11(8)9/h2-3,6,8,13H,4-5,7H2,1H3. The SMILES string of the molecule is CC1CCNCc2cc(Br)ccc21. The molecule has 1 N–H and O–H groups in total. The Kier molecular flexibility index (Phi) is 2.70. The molecule has 1 aromatic carbocycles. The molecule has 0 aliphatic carbocycles. The number of nitrogens with one attached hydrogen (secondary N) is 1. The van der Waals surface area contributed by atoms with Crippen molar-refractivity contribution in [3.8, 4) is 0 Å². The first kappa shape index (κ1) is 9.22. The molecule has 0 bridgehead atoms. The van der Waals surface area contributed by atoms with E-state index >= 15 is 0 Å². The van der Waals surface area contributed by atoms with Crippen LogP contribution in [0.2, 0.25) is 0 Å². The van der Waals surface area contributed by atoms with Gasteiger partial charge in [0.25, 0.3) is 0 Å². The normalized spacial score (nSPS) is 22.2.